The molecule has 0 radical (unpaired) electrons. The topological polar surface area (TPSA) is 32.8 Å². The SMILES string of the molecule is COCCN(CCCN(C)C)C(=O)C(F)(F)C(F)F. The molecule has 0 bridgehead atoms. The van der Waals surface area contributed by atoms with Gasteiger partial charge in [0.15, 0.2) is 0 Å². The maximum Gasteiger partial charge on any atom is 0.383 e. The minimum absolute atomic E-state index is 0.0112. The van der Waals surface area contributed by atoms with Crippen LogP contribution in [-0.4, -0.2) is 75.5 Å². The van der Waals surface area contributed by atoms with E-state index < -0.39 is 18.3 Å². The van der Waals surface area contributed by atoms with E-state index in [0.717, 1.165) is 4.90 Å². The smallest absolute Gasteiger partial charge is 0.383 e. The number of hydrogen-bond donors (Lipinski definition) is 0. The highest BCUT2D eigenvalue weighted by Gasteiger charge is 2.50. The number of amides is 1. The Hall–Kier alpha value is -0.890. The number of hydrogen-bond acceptors (Lipinski definition) is 3. The van der Waals surface area contributed by atoms with E-state index in [1.54, 1.807) is 14.1 Å². The molecule has 0 N–H and O–H groups in total. The number of rotatable bonds is 9. The first-order valence-electron chi connectivity index (χ1n) is 5.82. The van der Waals surface area contributed by atoms with Gasteiger partial charge in [0.2, 0.25) is 0 Å². The minimum Gasteiger partial charge on any atom is -0.383 e. The van der Waals surface area contributed by atoms with Crippen LogP contribution in [0.1, 0.15) is 6.42 Å². The molecule has 0 aliphatic heterocycles. The summed E-state index contributed by atoms with van der Waals surface area (Å²) in [6, 6.07) is 0. The molecule has 114 valence electrons. The predicted octanol–water partition coefficient (Wildman–Crippen LogP) is 1.31. The number of alkyl halides is 4. The number of nitrogens with zero attached hydrogens (tertiary/aromatic N) is 2. The molecule has 0 atom stereocenters. The van der Waals surface area contributed by atoms with Crippen molar-refractivity contribution >= 4 is 5.91 Å². The van der Waals surface area contributed by atoms with Crippen molar-refractivity contribution in [3.8, 4) is 0 Å². The third kappa shape index (κ3) is 6.20. The van der Waals surface area contributed by atoms with E-state index in [2.05, 4.69) is 4.74 Å². The van der Waals surface area contributed by atoms with Gasteiger partial charge in [0.05, 0.1) is 6.61 Å². The molecular weight excluding hydrogens is 268 g/mol. The Labute approximate surface area is 110 Å². The molecule has 19 heavy (non-hydrogen) atoms. The molecule has 4 nitrogen and oxygen atoms in total. The van der Waals surface area contributed by atoms with Gasteiger partial charge in [-0.05, 0) is 27.1 Å². The fraction of sp³-hybridized carbons (Fsp3) is 0.909. The fourth-order valence-electron chi connectivity index (χ4n) is 1.40. The van der Waals surface area contributed by atoms with E-state index >= 15 is 0 Å². The van der Waals surface area contributed by atoms with Crippen LogP contribution in [0.5, 0.6) is 0 Å². The average Bonchev–Trinajstić information content (AvgIpc) is 2.31. The molecule has 0 rings (SSSR count). The summed E-state index contributed by atoms with van der Waals surface area (Å²) in [5, 5.41) is 0. The molecule has 0 aliphatic carbocycles. The number of methoxy groups -OCH3 is 1. The summed E-state index contributed by atoms with van der Waals surface area (Å²) < 4.78 is 55.0. The van der Waals surface area contributed by atoms with Crippen molar-refractivity contribution in [2.75, 3.05) is 47.4 Å². The van der Waals surface area contributed by atoms with Crippen LogP contribution in [0.15, 0.2) is 0 Å². The van der Waals surface area contributed by atoms with Gasteiger partial charge in [-0.1, -0.05) is 0 Å². The molecule has 0 aromatic rings. The summed E-state index contributed by atoms with van der Waals surface area (Å²) >= 11 is 0. The van der Waals surface area contributed by atoms with Crippen LogP contribution in [0, 0.1) is 0 Å². The number of carbonyl (C=O) groups excluding carboxylic acids is 1. The molecule has 0 saturated carbocycles. The van der Waals surface area contributed by atoms with Crippen LogP contribution in [0.4, 0.5) is 17.6 Å². The Morgan fingerprint density at radius 1 is 1.21 bits per heavy atom. The Morgan fingerprint density at radius 3 is 2.21 bits per heavy atom. The molecule has 0 unspecified atom stereocenters. The van der Waals surface area contributed by atoms with Crippen molar-refractivity contribution in [2.24, 2.45) is 0 Å². The highest BCUT2D eigenvalue weighted by Crippen LogP contribution is 2.25. The molecule has 0 aromatic carbocycles. The summed E-state index contributed by atoms with van der Waals surface area (Å²) in [5.74, 6) is -6.50. The highest BCUT2D eigenvalue weighted by molar-refractivity contribution is 5.84. The van der Waals surface area contributed by atoms with Crippen LogP contribution < -0.4 is 0 Å². The van der Waals surface area contributed by atoms with E-state index in [9.17, 15) is 22.4 Å². The first kappa shape index (κ1) is 18.1. The average molecular weight is 288 g/mol. The van der Waals surface area contributed by atoms with E-state index in [1.165, 1.54) is 7.11 Å². The summed E-state index contributed by atoms with van der Waals surface area (Å²) in [6.07, 6.45) is -3.58. The van der Waals surface area contributed by atoms with Crippen LogP contribution in [0.3, 0.4) is 0 Å². The molecular formula is C11H20F4N2O2. The lowest BCUT2D eigenvalue weighted by molar-refractivity contribution is -0.181. The number of halogens is 4. The Balaban J connectivity index is 4.59. The fourth-order valence-corrected chi connectivity index (χ4v) is 1.40. The Bertz CT molecular complexity index is 275. The van der Waals surface area contributed by atoms with Crippen molar-refractivity contribution in [1.82, 2.24) is 9.80 Å². The van der Waals surface area contributed by atoms with Gasteiger partial charge in [0.1, 0.15) is 0 Å². The second-order valence-corrected chi connectivity index (χ2v) is 4.37. The van der Waals surface area contributed by atoms with Gasteiger partial charge in [-0.25, -0.2) is 8.78 Å². The first-order valence-corrected chi connectivity index (χ1v) is 5.82. The predicted molar refractivity (Wildman–Crippen MR) is 62.6 cm³/mol. The largest absolute Gasteiger partial charge is 0.383 e. The molecule has 0 heterocycles. The number of carbonyl (C=O) groups is 1. The van der Waals surface area contributed by atoms with Gasteiger partial charge in [0.25, 0.3) is 5.91 Å². The van der Waals surface area contributed by atoms with Crippen LogP contribution in [0.25, 0.3) is 0 Å². The van der Waals surface area contributed by atoms with Gasteiger partial charge in [0, 0.05) is 20.2 Å². The second kappa shape index (κ2) is 8.31. The summed E-state index contributed by atoms with van der Waals surface area (Å²) in [4.78, 5) is 13.9. The zero-order valence-corrected chi connectivity index (χ0v) is 11.3. The third-order valence-corrected chi connectivity index (χ3v) is 2.45. The van der Waals surface area contributed by atoms with E-state index in [0.29, 0.717) is 13.0 Å². The third-order valence-electron chi connectivity index (χ3n) is 2.45. The highest BCUT2D eigenvalue weighted by atomic mass is 19.3. The maximum atomic E-state index is 13.0. The minimum atomic E-state index is -4.65. The van der Waals surface area contributed by atoms with Gasteiger partial charge < -0.3 is 14.5 Å². The van der Waals surface area contributed by atoms with Gasteiger partial charge in [-0.15, -0.1) is 0 Å². The maximum absolute atomic E-state index is 13.0. The van der Waals surface area contributed by atoms with Crippen molar-refractivity contribution in [3.63, 3.8) is 0 Å². The van der Waals surface area contributed by atoms with Crippen LogP contribution in [-0.2, 0) is 9.53 Å². The quantitative estimate of drug-likeness (QED) is 0.600. The molecule has 0 aromatic heterocycles. The van der Waals surface area contributed by atoms with Gasteiger partial charge in [-0.3, -0.25) is 4.79 Å². The zero-order chi connectivity index (χ0) is 15.1. The van der Waals surface area contributed by atoms with Crippen molar-refractivity contribution in [3.05, 3.63) is 0 Å². The van der Waals surface area contributed by atoms with Crippen molar-refractivity contribution in [1.29, 1.82) is 0 Å². The van der Waals surface area contributed by atoms with Gasteiger partial charge >= 0.3 is 12.3 Å². The normalized spacial score (nSPS) is 12.3. The Kier molecular flexibility index (Phi) is 7.93. The molecule has 0 spiro atoms. The molecule has 0 saturated heterocycles. The zero-order valence-electron chi connectivity index (χ0n) is 11.3. The van der Waals surface area contributed by atoms with E-state index in [1.807, 2.05) is 4.90 Å². The molecule has 0 aliphatic rings. The van der Waals surface area contributed by atoms with Gasteiger partial charge in [-0.2, -0.15) is 8.78 Å². The summed E-state index contributed by atoms with van der Waals surface area (Å²) in [5.41, 5.74) is 0. The lowest BCUT2D eigenvalue weighted by Gasteiger charge is -2.27. The van der Waals surface area contributed by atoms with Crippen LogP contribution >= 0.6 is 0 Å². The summed E-state index contributed by atoms with van der Waals surface area (Å²) in [6.45, 7) is 0.442. The molecule has 0 fully saturated rings. The summed E-state index contributed by atoms with van der Waals surface area (Å²) in [7, 11) is 4.91. The lowest BCUT2D eigenvalue weighted by atomic mass is 10.2. The molecule has 1 amide bonds. The lowest BCUT2D eigenvalue weighted by Crippen LogP contribution is -2.49. The Morgan fingerprint density at radius 2 is 1.79 bits per heavy atom. The molecule has 8 heteroatoms. The number of ether oxygens (including phenoxy) is 1. The van der Waals surface area contributed by atoms with E-state index in [-0.39, 0.29) is 19.7 Å². The second-order valence-electron chi connectivity index (χ2n) is 4.37. The van der Waals surface area contributed by atoms with Crippen molar-refractivity contribution in [2.45, 2.75) is 18.8 Å². The van der Waals surface area contributed by atoms with Crippen LogP contribution in [0.2, 0.25) is 0 Å². The standard InChI is InChI=1S/C11H20F4N2O2/c1-16(2)5-4-6-17(7-8-19-3)10(18)11(14,15)9(12)13/h9H,4-8H2,1-3H3. The van der Waals surface area contributed by atoms with E-state index in [4.69, 9.17) is 0 Å². The first-order chi connectivity index (χ1) is 8.73. The van der Waals surface area contributed by atoms with Crippen molar-refractivity contribution < 1.29 is 27.1 Å². The monoisotopic (exact) mass is 288 g/mol.